The highest BCUT2D eigenvalue weighted by Gasteiger charge is 2.24. The van der Waals surface area contributed by atoms with Gasteiger partial charge >= 0.3 is 0 Å². The van der Waals surface area contributed by atoms with Crippen LogP contribution in [-0.4, -0.2) is 8.96 Å². The molecule has 0 fully saturated rings. The van der Waals surface area contributed by atoms with Gasteiger partial charge in [-0.25, -0.2) is 8.93 Å². The first-order valence-electron chi connectivity index (χ1n) is 6.86. The van der Waals surface area contributed by atoms with Gasteiger partial charge in [-0.3, -0.25) is 0 Å². The second-order valence-electron chi connectivity index (χ2n) is 5.89. The van der Waals surface area contributed by atoms with E-state index in [1.165, 1.54) is 0 Å². The molecule has 0 aliphatic rings. The van der Waals surface area contributed by atoms with E-state index >= 15 is 0 Å². The normalized spacial score (nSPS) is 14.7. The van der Waals surface area contributed by atoms with Gasteiger partial charge in [-0.1, -0.05) is 54.1 Å². The third-order valence-electron chi connectivity index (χ3n) is 3.12. The molecule has 0 bridgehead atoms. The molecule has 0 aliphatic carbocycles. The number of hydrogen-bond acceptors (Lipinski definition) is 1. The smallest absolute Gasteiger partial charge is 0.0979 e. The molecular formula is C17H20ClNOS. The Hall–Kier alpha value is -1.16. The average Bonchev–Trinajstić information content (AvgIpc) is 2.45. The predicted octanol–water partition coefficient (Wildman–Crippen LogP) is 4.48. The minimum atomic E-state index is -1.16. The van der Waals surface area contributed by atoms with Crippen molar-refractivity contribution in [3.63, 3.8) is 0 Å². The zero-order valence-corrected chi connectivity index (χ0v) is 14.0. The molecule has 21 heavy (non-hydrogen) atoms. The summed E-state index contributed by atoms with van der Waals surface area (Å²) in [6.45, 7) is 5.88. The van der Waals surface area contributed by atoms with Crippen molar-refractivity contribution in [2.45, 2.75) is 31.6 Å². The van der Waals surface area contributed by atoms with Crippen molar-refractivity contribution in [1.29, 1.82) is 0 Å². The van der Waals surface area contributed by atoms with Crippen LogP contribution in [0.3, 0.4) is 0 Å². The Morgan fingerprint density at radius 2 is 1.48 bits per heavy atom. The Balaban J connectivity index is 2.36. The van der Waals surface area contributed by atoms with Gasteiger partial charge in [-0.15, -0.1) is 0 Å². The lowest BCUT2D eigenvalue weighted by atomic mass is 10.00. The SMILES string of the molecule is CC(C)(C)S(=O)N[C@@H](c1ccccc1)c1ccc(Cl)cc1. The quantitative estimate of drug-likeness (QED) is 0.883. The molecule has 2 atom stereocenters. The van der Waals surface area contributed by atoms with Crippen molar-refractivity contribution in [2.24, 2.45) is 0 Å². The molecule has 112 valence electrons. The summed E-state index contributed by atoms with van der Waals surface area (Å²) in [5.41, 5.74) is 2.13. The van der Waals surface area contributed by atoms with Crippen LogP contribution in [0.5, 0.6) is 0 Å². The fourth-order valence-electron chi connectivity index (χ4n) is 1.91. The Labute approximate surface area is 134 Å². The molecule has 1 unspecified atom stereocenters. The fraction of sp³-hybridized carbons (Fsp3) is 0.294. The van der Waals surface area contributed by atoms with Crippen molar-refractivity contribution < 1.29 is 4.21 Å². The summed E-state index contributed by atoms with van der Waals surface area (Å²) in [6, 6.07) is 17.5. The summed E-state index contributed by atoms with van der Waals surface area (Å²) < 4.78 is 15.4. The first-order valence-corrected chi connectivity index (χ1v) is 8.39. The monoisotopic (exact) mass is 321 g/mol. The van der Waals surface area contributed by atoms with Gasteiger partial charge in [0.05, 0.1) is 21.8 Å². The summed E-state index contributed by atoms with van der Waals surface area (Å²) in [7, 11) is -1.16. The third kappa shape index (κ3) is 4.40. The molecule has 2 aromatic carbocycles. The van der Waals surface area contributed by atoms with E-state index in [0.29, 0.717) is 5.02 Å². The highest BCUT2D eigenvalue weighted by Crippen LogP contribution is 2.25. The predicted molar refractivity (Wildman–Crippen MR) is 90.8 cm³/mol. The lowest BCUT2D eigenvalue weighted by Gasteiger charge is -2.25. The lowest BCUT2D eigenvalue weighted by Crippen LogP contribution is -2.36. The maximum absolute atomic E-state index is 12.5. The second-order valence-corrected chi connectivity index (χ2v) is 8.33. The molecule has 0 saturated carbocycles. The van der Waals surface area contributed by atoms with Gasteiger partial charge in [0.25, 0.3) is 0 Å². The van der Waals surface area contributed by atoms with Gasteiger partial charge in [0.1, 0.15) is 0 Å². The summed E-state index contributed by atoms with van der Waals surface area (Å²) in [5.74, 6) is 0. The van der Waals surface area contributed by atoms with Crippen molar-refractivity contribution >= 4 is 22.6 Å². The van der Waals surface area contributed by atoms with Crippen LogP contribution in [-0.2, 0) is 11.0 Å². The van der Waals surface area contributed by atoms with Crippen LogP contribution in [0.1, 0.15) is 37.9 Å². The fourth-order valence-corrected chi connectivity index (χ4v) is 2.88. The first kappa shape index (κ1) is 16.2. The Morgan fingerprint density at radius 1 is 0.952 bits per heavy atom. The molecule has 0 radical (unpaired) electrons. The minimum Gasteiger partial charge on any atom is -0.242 e. The van der Waals surface area contributed by atoms with Gasteiger partial charge in [0.2, 0.25) is 0 Å². The molecular weight excluding hydrogens is 302 g/mol. The first-order chi connectivity index (χ1) is 9.88. The van der Waals surface area contributed by atoms with Crippen LogP contribution in [0.25, 0.3) is 0 Å². The van der Waals surface area contributed by atoms with E-state index < -0.39 is 11.0 Å². The third-order valence-corrected chi connectivity index (χ3v) is 4.93. The van der Waals surface area contributed by atoms with Gasteiger partial charge < -0.3 is 0 Å². The van der Waals surface area contributed by atoms with Gasteiger partial charge in [0, 0.05) is 5.02 Å². The van der Waals surface area contributed by atoms with Crippen LogP contribution >= 0.6 is 11.6 Å². The van der Waals surface area contributed by atoms with Gasteiger partial charge in [0.15, 0.2) is 0 Å². The average molecular weight is 322 g/mol. The molecule has 2 aromatic rings. The molecule has 1 N–H and O–H groups in total. The van der Waals surface area contributed by atoms with E-state index in [4.69, 9.17) is 11.6 Å². The Morgan fingerprint density at radius 3 is 2.00 bits per heavy atom. The molecule has 0 amide bonds. The minimum absolute atomic E-state index is 0.122. The standard InChI is InChI=1S/C17H20ClNOS/c1-17(2,3)21(20)19-16(13-7-5-4-6-8-13)14-9-11-15(18)12-10-14/h4-12,16,19H,1-3H3/t16-,21?/m0/s1. The lowest BCUT2D eigenvalue weighted by molar-refractivity contribution is 0.623. The van der Waals surface area contributed by atoms with Crippen molar-refractivity contribution in [1.82, 2.24) is 4.72 Å². The van der Waals surface area contributed by atoms with Crippen LogP contribution in [0.2, 0.25) is 5.02 Å². The number of rotatable bonds is 4. The molecule has 0 aromatic heterocycles. The van der Waals surface area contributed by atoms with Gasteiger partial charge in [-0.2, -0.15) is 0 Å². The van der Waals surface area contributed by atoms with Crippen molar-refractivity contribution in [3.8, 4) is 0 Å². The number of halogens is 1. The van der Waals surface area contributed by atoms with Crippen molar-refractivity contribution in [3.05, 3.63) is 70.7 Å². The molecule has 2 rings (SSSR count). The molecule has 0 aliphatic heterocycles. The zero-order chi connectivity index (χ0) is 15.5. The molecule has 2 nitrogen and oxygen atoms in total. The summed E-state index contributed by atoms with van der Waals surface area (Å²) in [5, 5.41) is 0.697. The largest absolute Gasteiger partial charge is 0.242 e. The number of nitrogens with one attached hydrogen (secondary N) is 1. The van der Waals surface area contributed by atoms with E-state index in [0.717, 1.165) is 11.1 Å². The van der Waals surface area contributed by atoms with E-state index in [1.54, 1.807) is 0 Å². The molecule has 0 spiro atoms. The summed E-state index contributed by atoms with van der Waals surface area (Å²) >= 11 is 5.96. The highest BCUT2D eigenvalue weighted by molar-refractivity contribution is 7.84. The number of hydrogen-bond donors (Lipinski definition) is 1. The topological polar surface area (TPSA) is 29.1 Å². The summed E-state index contributed by atoms with van der Waals surface area (Å²) in [4.78, 5) is 0. The van der Waals surface area contributed by atoms with Crippen LogP contribution < -0.4 is 4.72 Å². The Kier molecular flexibility index (Phi) is 5.20. The zero-order valence-electron chi connectivity index (χ0n) is 12.5. The maximum Gasteiger partial charge on any atom is 0.0979 e. The van der Waals surface area contributed by atoms with Crippen LogP contribution in [0.15, 0.2) is 54.6 Å². The molecule has 4 heteroatoms. The van der Waals surface area contributed by atoms with E-state index in [-0.39, 0.29) is 10.8 Å². The van der Waals surface area contributed by atoms with E-state index in [9.17, 15) is 4.21 Å². The highest BCUT2D eigenvalue weighted by atomic mass is 35.5. The van der Waals surface area contributed by atoms with E-state index in [1.807, 2.05) is 75.4 Å². The van der Waals surface area contributed by atoms with E-state index in [2.05, 4.69) is 4.72 Å². The maximum atomic E-state index is 12.5. The molecule has 0 saturated heterocycles. The number of benzene rings is 2. The summed E-state index contributed by atoms with van der Waals surface area (Å²) in [6.07, 6.45) is 0. The molecule has 0 heterocycles. The van der Waals surface area contributed by atoms with Gasteiger partial charge in [-0.05, 0) is 44.0 Å². The Bertz CT molecular complexity index is 605. The van der Waals surface area contributed by atoms with Crippen LogP contribution in [0, 0.1) is 0 Å². The van der Waals surface area contributed by atoms with Crippen molar-refractivity contribution in [2.75, 3.05) is 0 Å². The van der Waals surface area contributed by atoms with Crippen LogP contribution in [0.4, 0.5) is 0 Å². The second kappa shape index (κ2) is 6.73.